The molecule has 1 aromatic carbocycles. The van der Waals surface area contributed by atoms with E-state index < -0.39 is 0 Å². The van der Waals surface area contributed by atoms with Gasteiger partial charge in [-0.2, -0.15) is 0 Å². The van der Waals surface area contributed by atoms with Gasteiger partial charge in [0, 0.05) is 32.7 Å². The molecule has 0 saturated carbocycles. The van der Waals surface area contributed by atoms with E-state index in [0.29, 0.717) is 18.4 Å². The maximum absolute atomic E-state index is 6.32. The summed E-state index contributed by atoms with van der Waals surface area (Å²) >= 11 is 0. The Bertz CT molecular complexity index is 573. The molecule has 3 rings (SSSR count). The van der Waals surface area contributed by atoms with E-state index in [0.717, 1.165) is 51.5 Å². The molecule has 26 heavy (non-hydrogen) atoms. The maximum Gasteiger partial charge on any atom is 0.143 e. The van der Waals surface area contributed by atoms with Gasteiger partial charge in [-0.3, -0.25) is 4.90 Å². The Morgan fingerprint density at radius 2 is 1.92 bits per heavy atom. The fourth-order valence-corrected chi connectivity index (χ4v) is 4.19. The van der Waals surface area contributed by atoms with E-state index in [-0.39, 0.29) is 6.10 Å². The normalized spacial score (nSPS) is 21.3. The van der Waals surface area contributed by atoms with Crippen LogP contribution in [0.5, 0.6) is 5.75 Å². The van der Waals surface area contributed by atoms with Gasteiger partial charge in [0.25, 0.3) is 0 Å². The van der Waals surface area contributed by atoms with Crippen LogP contribution in [0.15, 0.2) is 18.2 Å². The Kier molecular flexibility index (Phi) is 6.82. The summed E-state index contributed by atoms with van der Waals surface area (Å²) < 4.78 is 12.3. The van der Waals surface area contributed by atoms with Gasteiger partial charge in [0.1, 0.15) is 18.5 Å². The lowest BCUT2D eigenvalue weighted by Gasteiger charge is -2.36. The fraction of sp³-hybridized carbons (Fsp3) is 0.727. The molecule has 2 heterocycles. The Morgan fingerprint density at radius 1 is 1.12 bits per heavy atom. The smallest absolute Gasteiger partial charge is 0.143 e. The molecule has 146 valence electrons. The first kappa shape index (κ1) is 19.5. The summed E-state index contributed by atoms with van der Waals surface area (Å²) in [5.74, 6) is 2.38. The van der Waals surface area contributed by atoms with Gasteiger partial charge in [-0.15, -0.1) is 0 Å². The largest absolute Gasteiger partial charge is 0.489 e. The van der Waals surface area contributed by atoms with E-state index in [1.54, 1.807) is 0 Å². The Balaban J connectivity index is 1.65. The van der Waals surface area contributed by atoms with E-state index in [2.05, 4.69) is 55.7 Å². The highest BCUT2D eigenvalue weighted by Crippen LogP contribution is 2.36. The number of fused-ring (bicyclic) bond motifs is 1. The molecule has 0 bridgehead atoms. The van der Waals surface area contributed by atoms with Crippen LogP contribution in [0, 0.1) is 11.8 Å². The molecule has 0 aliphatic carbocycles. The van der Waals surface area contributed by atoms with E-state index in [9.17, 15) is 0 Å². The Hall–Kier alpha value is -1.26. The fourth-order valence-electron chi connectivity index (χ4n) is 4.19. The van der Waals surface area contributed by atoms with Crippen LogP contribution in [0.25, 0.3) is 0 Å². The number of hydrogen-bond acceptors (Lipinski definition) is 4. The van der Waals surface area contributed by atoms with E-state index in [1.807, 2.05) is 0 Å². The molecule has 1 atom stereocenters. The third-order valence-corrected chi connectivity index (χ3v) is 5.13. The van der Waals surface area contributed by atoms with Crippen LogP contribution in [-0.4, -0.2) is 56.9 Å². The molecule has 0 N–H and O–H groups in total. The molecule has 2 aliphatic heterocycles. The van der Waals surface area contributed by atoms with Gasteiger partial charge in [0.05, 0.1) is 12.3 Å². The first-order valence-electron chi connectivity index (χ1n) is 10.4. The molecule has 0 radical (unpaired) electrons. The van der Waals surface area contributed by atoms with E-state index in [4.69, 9.17) is 9.47 Å². The number of anilines is 1. The molecule has 0 unspecified atom stereocenters. The van der Waals surface area contributed by atoms with Crippen LogP contribution in [0.4, 0.5) is 5.69 Å². The lowest BCUT2D eigenvalue weighted by Crippen LogP contribution is -2.46. The van der Waals surface area contributed by atoms with Crippen molar-refractivity contribution in [3.8, 4) is 5.75 Å². The number of ether oxygens (including phenoxy) is 2. The predicted octanol–water partition coefficient (Wildman–Crippen LogP) is 3.83. The summed E-state index contributed by atoms with van der Waals surface area (Å²) in [4.78, 5) is 5.03. The van der Waals surface area contributed by atoms with Gasteiger partial charge < -0.3 is 14.4 Å². The number of rotatable bonds is 7. The third kappa shape index (κ3) is 5.14. The van der Waals surface area contributed by atoms with Crippen molar-refractivity contribution < 1.29 is 9.47 Å². The zero-order valence-corrected chi connectivity index (χ0v) is 17.0. The van der Waals surface area contributed by atoms with Crippen molar-refractivity contribution in [2.75, 3.05) is 50.8 Å². The minimum Gasteiger partial charge on any atom is -0.489 e. The lowest BCUT2D eigenvalue weighted by atomic mass is 10.00. The monoisotopic (exact) mass is 360 g/mol. The van der Waals surface area contributed by atoms with Crippen LogP contribution in [0.3, 0.4) is 0 Å². The second-order valence-electron chi connectivity index (χ2n) is 8.66. The van der Waals surface area contributed by atoms with Crippen LogP contribution < -0.4 is 9.64 Å². The molecule has 4 heteroatoms. The van der Waals surface area contributed by atoms with Gasteiger partial charge in [0.15, 0.2) is 0 Å². The number of aryl methyl sites for hydroxylation is 1. The first-order valence-corrected chi connectivity index (χ1v) is 10.4. The van der Waals surface area contributed by atoms with Crippen molar-refractivity contribution in [2.45, 2.75) is 46.6 Å². The van der Waals surface area contributed by atoms with Crippen LogP contribution >= 0.6 is 0 Å². The second kappa shape index (κ2) is 9.09. The SMILES string of the molecule is CC(C)CN1CCO[C@H](COc2cccc3c2N(CC(C)C)CCC3)C1. The summed E-state index contributed by atoms with van der Waals surface area (Å²) in [6.45, 7) is 16.0. The van der Waals surface area contributed by atoms with Crippen LogP contribution in [0.1, 0.15) is 39.7 Å². The van der Waals surface area contributed by atoms with Crippen LogP contribution in [0.2, 0.25) is 0 Å². The topological polar surface area (TPSA) is 24.9 Å². The van der Waals surface area contributed by atoms with Crippen molar-refractivity contribution in [1.82, 2.24) is 4.90 Å². The number of benzene rings is 1. The average Bonchev–Trinajstić information content (AvgIpc) is 2.59. The van der Waals surface area contributed by atoms with Gasteiger partial charge in [0.2, 0.25) is 0 Å². The molecule has 0 aromatic heterocycles. The zero-order chi connectivity index (χ0) is 18.5. The molecule has 1 fully saturated rings. The van der Waals surface area contributed by atoms with Gasteiger partial charge in [-0.1, -0.05) is 39.8 Å². The summed E-state index contributed by atoms with van der Waals surface area (Å²) in [5.41, 5.74) is 2.75. The maximum atomic E-state index is 6.32. The summed E-state index contributed by atoms with van der Waals surface area (Å²) in [7, 11) is 0. The summed E-state index contributed by atoms with van der Waals surface area (Å²) in [6.07, 6.45) is 2.56. The molecule has 1 saturated heterocycles. The zero-order valence-electron chi connectivity index (χ0n) is 17.0. The second-order valence-corrected chi connectivity index (χ2v) is 8.66. The number of morpholine rings is 1. The van der Waals surface area contributed by atoms with Gasteiger partial charge >= 0.3 is 0 Å². The Morgan fingerprint density at radius 3 is 2.69 bits per heavy atom. The van der Waals surface area contributed by atoms with Gasteiger partial charge in [-0.25, -0.2) is 0 Å². The molecular formula is C22H36N2O2. The summed E-state index contributed by atoms with van der Waals surface area (Å²) in [5, 5.41) is 0. The molecule has 2 aliphatic rings. The first-order chi connectivity index (χ1) is 12.5. The summed E-state index contributed by atoms with van der Waals surface area (Å²) in [6, 6.07) is 6.53. The minimum atomic E-state index is 0.167. The van der Waals surface area contributed by atoms with Crippen molar-refractivity contribution in [3.05, 3.63) is 23.8 Å². The Labute approximate surface area is 159 Å². The highest BCUT2D eigenvalue weighted by atomic mass is 16.5. The van der Waals surface area contributed by atoms with Crippen molar-refractivity contribution >= 4 is 5.69 Å². The van der Waals surface area contributed by atoms with E-state index >= 15 is 0 Å². The molecule has 0 amide bonds. The number of para-hydroxylation sites is 1. The molecule has 0 spiro atoms. The highest BCUT2D eigenvalue weighted by Gasteiger charge is 2.24. The third-order valence-electron chi connectivity index (χ3n) is 5.13. The quantitative estimate of drug-likeness (QED) is 0.738. The van der Waals surface area contributed by atoms with Crippen molar-refractivity contribution in [3.63, 3.8) is 0 Å². The number of hydrogen-bond donors (Lipinski definition) is 0. The molecule has 1 aromatic rings. The number of nitrogens with zero attached hydrogens (tertiary/aromatic N) is 2. The van der Waals surface area contributed by atoms with Crippen molar-refractivity contribution in [1.29, 1.82) is 0 Å². The van der Waals surface area contributed by atoms with E-state index in [1.165, 1.54) is 17.7 Å². The highest BCUT2D eigenvalue weighted by molar-refractivity contribution is 5.65. The van der Waals surface area contributed by atoms with Gasteiger partial charge in [-0.05, 0) is 36.3 Å². The van der Waals surface area contributed by atoms with Crippen LogP contribution in [-0.2, 0) is 11.2 Å². The predicted molar refractivity (Wildman–Crippen MR) is 108 cm³/mol. The molecule has 4 nitrogen and oxygen atoms in total. The minimum absolute atomic E-state index is 0.167. The van der Waals surface area contributed by atoms with Crippen molar-refractivity contribution in [2.24, 2.45) is 11.8 Å². The lowest BCUT2D eigenvalue weighted by molar-refractivity contribution is -0.0504. The molecular weight excluding hydrogens is 324 g/mol. The average molecular weight is 361 g/mol. The standard InChI is InChI=1S/C22H36N2O2/c1-17(2)13-23-11-12-25-20(15-23)16-26-21-9-5-7-19-8-6-10-24(22(19)21)14-18(3)4/h5,7,9,17-18,20H,6,8,10-16H2,1-4H3/t20-/m0/s1.